The van der Waals surface area contributed by atoms with Crippen molar-refractivity contribution >= 4 is 40.1 Å². The second-order valence-electron chi connectivity index (χ2n) is 11.8. The molecule has 0 amide bonds. The summed E-state index contributed by atoms with van der Waals surface area (Å²) in [6.45, 7) is 9.03. The molecule has 0 bridgehead atoms. The number of carbonyl (C=O) groups is 1. The first-order chi connectivity index (χ1) is 18.4. The van der Waals surface area contributed by atoms with Crippen molar-refractivity contribution in [1.82, 2.24) is 19.4 Å². The lowest BCUT2D eigenvalue weighted by Crippen LogP contribution is -2.58. The zero-order chi connectivity index (χ0) is 27.9. The number of anilines is 2. The fraction of sp³-hybridized carbons (Fsp3) is 0.387. The van der Waals surface area contributed by atoms with Crippen LogP contribution in [0.3, 0.4) is 0 Å². The maximum Gasteiger partial charge on any atom is 0.208 e. The number of fused-ring (bicyclic) bond motifs is 1. The van der Waals surface area contributed by atoms with Crippen LogP contribution in [0.4, 0.5) is 11.6 Å². The summed E-state index contributed by atoms with van der Waals surface area (Å²) >= 11 is 6.00. The molecule has 0 unspecified atom stereocenters. The van der Waals surface area contributed by atoms with E-state index in [-0.39, 0.29) is 16.9 Å². The van der Waals surface area contributed by atoms with Crippen molar-refractivity contribution in [3.8, 4) is 11.5 Å². The topological polar surface area (TPSA) is 72.3 Å². The molecular weight excluding hydrogens is 510 g/mol. The monoisotopic (exact) mass is 545 g/mol. The molecule has 5 rings (SSSR count). The Morgan fingerprint density at radius 2 is 1.67 bits per heavy atom. The van der Waals surface area contributed by atoms with Gasteiger partial charge in [-0.2, -0.15) is 0 Å². The predicted molar refractivity (Wildman–Crippen MR) is 157 cm³/mol. The summed E-state index contributed by atoms with van der Waals surface area (Å²) < 4.78 is 8.13. The molecule has 1 fully saturated rings. The van der Waals surface area contributed by atoms with E-state index in [0.717, 1.165) is 29.6 Å². The average Bonchev–Trinajstić information content (AvgIpc) is 3.18. The van der Waals surface area contributed by atoms with E-state index in [1.165, 1.54) is 0 Å². The molecule has 1 aliphatic rings. The van der Waals surface area contributed by atoms with Gasteiger partial charge in [0.15, 0.2) is 5.78 Å². The number of aryl methyl sites for hydroxylation is 1. The third-order valence-corrected chi connectivity index (χ3v) is 8.32. The fourth-order valence-electron chi connectivity index (χ4n) is 5.87. The van der Waals surface area contributed by atoms with Crippen LogP contribution in [-0.4, -0.2) is 43.3 Å². The lowest BCUT2D eigenvalue weighted by Gasteiger charge is -2.53. The molecule has 0 spiro atoms. The third-order valence-electron chi connectivity index (χ3n) is 8.07. The number of aromatic nitrogens is 3. The number of likely N-dealkylation sites (tertiary alicyclic amines) is 1. The summed E-state index contributed by atoms with van der Waals surface area (Å²) in [4.78, 5) is 24.8. The molecule has 7 nitrogen and oxygen atoms in total. The summed E-state index contributed by atoms with van der Waals surface area (Å²) in [5.74, 6) is 2.29. The van der Waals surface area contributed by atoms with Crippen molar-refractivity contribution in [2.24, 2.45) is 13.0 Å². The first kappa shape index (κ1) is 27.2. The molecule has 2 aromatic carbocycles. The molecular formula is C31H36ClN5O2. The van der Waals surface area contributed by atoms with Gasteiger partial charge >= 0.3 is 0 Å². The van der Waals surface area contributed by atoms with Crippen LogP contribution in [-0.2, 0) is 7.05 Å². The van der Waals surface area contributed by atoms with E-state index >= 15 is 0 Å². The van der Waals surface area contributed by atoms with Gasteiger partial charge in [-0.25, -0.2) is 4.98 Å². The SMILES string of the molecule is CN1C(C)(C)CC(CC(=O)c2cc(Oc3ccc4c(c3)nc(Nc3ccc(Cl)cc3)n4C)ccn2)CC1(C)C. The van der Waals surface area contributed by atoms with Gasteiger partial charge in [0.1, 0.15) is 17.2 Å². The van der Waals surface area contributed by atoms with Crippen molar-refractivity contribution in [3.63, 3.8) is 0 Å². The van der Waals surface area contributed by atoms with E-state index in [1.54, 1.807) is 18.3 Å². The maximum absolute atomic E-state index is 13.2. The lowest BCUT2D eigenvalue weighted by atomic mass is 9.72. The van der Waals surface area contributed by atoms with E-state index < -0.39 is 0 Å². The highest BCUT2D eigenvalue weighted by molar-refractivity contribution is 6.30. The Balaban J connectivity index is 1.29. The highest BCUT2D eigenvalue weighted by atomic mass is 35.5. The van der Waals surface area contributed by atoms with Gasteiger partial charge in [0.2, 0.25) is 5.95 Å². The van der Waals surface area contributed by atoms with Gasteiger partial charge in [0, 0.05) is 53.6 Å². The quantitative estimate of drug-likeness (QED) is 0.241. The number of rotatable bonds is 7. The van der Waals surface area contributed by atoms with Crippen LogP contribution in [0.25, 0.3) is 11.0 Å². The van der Waals surface area contributed by atoms with E-state index in [2.05, 4.69) is 49.9 Å². The Labute approximate surface area is 235 Å². The molecule has 1 aliphatic heterocycles. The summed E-state index contributed by atoms with van der Waals surface area (Å²) in [5, 5.41) is 4.01. The number of hydrogen-bond donors (Lipinski definition) is 1. The minimum absolute atomic E-state index is 0.0411. The summed E-state index contributed by atoms with van der Waals surface area (Å²) in [5.41, 5.74) is 3.18. The van der Waals surface area contributed by atoms with E-state index in [4.69, 9.17) is 21.3 Å². The van der Waals surface area contributed by atoms with Crippen LogP contribution < -0.4 is 10.1 Å². The van der Waals surface area contributed by atoms with Crippen LogP contribution in [0.1, 0.15) is 57.4 Å². The minimum Gasteiger partial charge on any atom is -0.457 e. The Bertz CT molecular complexity index is 1490. The molecule has 1 N–H and O–H groups in total. The van der Waals surface area contributed by atoms with Gasteiger partial charge in [-0.1, -0.05) is 11.6 Å². The number of benzene rings is 2. The van der Waals surface area contributed by atoms with Gasteiger partial charge in [-0.3, -0.25) is 14.7 Å². The Kier molecular flexibility index (Phi) is 7.16. The number of hydrogen-bond acceptors (Lipinski definition) is 6. The zero-order valence-electron chi connectivity index (χ0n) is 23.5. The molecule has 39 heavy (non-hydrogen) atoms. The van der Waals surface area contributed by atoms with Gasteiger partial charge in [-0.05, 0) is 96.0 Å². The van der Waals surface area contributed by atoms with E-state index in [9.17, 15) is 4.79 Å². The Morgan fingerprint density at radius 3 is 2.36 bits per heavy atom. The smallest absolute Gasteiger partial charge is 0.208 e. The number of nitrogens with one attached hydrogen (secondary N) is 1. The van der Waals surface area contributed by atoms with Crippen molar-refractivity contribution in [1.29, 1.82) is 0 Å². The largest absolute Gasteiger partial charge is 0.457 e. The summed E-state index contributed by atoms with van der Waals surface area (Å²) in [6, 6.07) is 16.8. The van der Waals surface area contributed by atoms with Crippen molar-refractivity contribution in [2.75, 3.05) is 12.4 Å². The summed E-state index contributed by atoms with van der Waals surface area (Å²) in [7, 11) is 4.14. The highest BCUT2D eigenvalue weighted by Crippen LogP contribution is 2.41. The second-order valence-corrected chi connectivity index (χ2v) is 12.3. The number of ether oxygens (including phenoxy) is 1. The molecule has 4 aromatic rings. The van der Waals surface area contributed by atoms with Gasteiger partial charge in [0.05, 0.1) is 11.0 Å². The maximum atomic E-state index is 13.2. The molecule has 2 aromatic heterocycles. The predicted octanol–water partition coefficient (Wildman–Crippen LogP) is 7.63. The molecule has 0 saturated carbocycles. The van der Waals surface area contributed by atoms with Gasteiger partial charge in [-0.15, -0.1) is 0 Å². The molecule has 1 saturated heterocycles. The molecule has 8 heteroatoms. The number of ketones is 1. The van der Waals surface area contributed by atoms with Crippen LogP contribution in [0.15, 0.2) is 60.8 Å². The number of carbonyl (C=O) groups excluding carboxylic acids is 1. The third kappa shape index (κ3) is 5.80. The minimum atomic E-state index is 0.0411. The normalized spacial score (nSPS) is 17.3. The molecule has 0 radical (unpaired) electrons. The summed E-state index contributed by atoms with van der Waals surface area (Å²) in [6.07, 6.45) is 4.08. The average molecular weight is 546 g/mol. The van der Waals surface area contributed by atoms with Gasteiger partial charge in [0.25, 0.3) is 0 Å². The number of halogens is 1. The van der Waals surface area contributed by atoms with E-state index in [1.807, 2.05) is 54.1 Å². The first-order valence-corrected chi connectivity index (χ1v) is 13.7. The first-order valence-electron chi connectivity index (χ1n) is 13.3. The van der Waals surface area contributed by atoms with Crippen LogP contribution in [0.2, 0.25) is 5.02 Å². The van der Waals surface area contributed by atoms with Crippen LogP contribution in [0, 0.1) is 5.92 Å². The second kappa shape index (κ2) is 10.3. The molecule has 204 valence electrons. The molecule has 0 aliphatic carbocycles. The zero-order valence-corrected chi connectivity index (χ0v) is 24.2. The number of Topliss-reactive ketones (excluding diaryl/α,β-unsaturated/α-hetero) is 1. The van der Waals surface area contributed by atoms with Crippen LogP contribution >= 0.6 is 11.6 Å². The van der Waals surface area contributed by atoms with Crippen LogP contribution in [0.5, 0.6) is 11.5 Å². The molecule has 0 atom stereocenters. The van der Waals surface area contributed by atoms with E-state index in [0.29, 0.717) is 40.5 Å². The standard InChI is InChI=1S/C31H36ClN5O2/c1-30(2)18-20(19-31(3,4)37(30)6)15-28(38)26-17-24(13-14-33-26)39-23-11-12-27-25(16-23)35-29(36(27)5)34-22-9-7-21(32)8-10-22/h7-14,16-17,20H,15,18-19H2,1-6H3,(H,34,35). The lowest BCUT2D eigenvalue weighted by molar-refractivity contribution is -0.0300. The van der Waals surface area contributed by atoms with Crippen molar-refractivity contribution in [2.45, 2.75) is 58.0 Å². The highest BCUT2D eigenvalue weighted by Gasteiger charge is 2.43. The van der Waals surface area contributed by atoms with Crippen molar-refractivity contribution < 1.29 is 9.53 Å². The Morgan fingerprint density at radius 1 is 1.00 bits per heavy atom. The number of nitrogens with zero attached hydrogens (tertiary/aromatic N) is 4. The number of pyridine rings is 1. The molecule has 3 heterocycles. The van der Waals surface area contributed by atoms with Crippen molar-refractivity contribution in [3.05, 3.63) is 71.5 Å². The number of imidazole rings is 1. The van der Waals surface area contributed by atoms with Gasteiger partial charge < -0.3 is 14.6 Å². The number of piperidine rings is 1. The Hall–Kier alpha value is -3.42. The fourth-order valence-corrected chi connectivity index (χ4v) is 6.00.